The fourth-order valence-corrected chi connectivity index (χ4v) is 15.6. The summed E-state index contributed by atoms with van der Waals surface area (Å²) in [7, 11) is 0. The van der Waals surface area contributed by atoms with Crippen molar-refractivity contribution >= 4 is 137 Å². The van der Waals surface area contributed by atoms with E-state index in [-0.39, 0.29) is 16.9 Å². The zero-order valence-electron chi connectivity index (χ0n) is 71.3. The van der Waals surface area contributed by atoms with Crippen molar-refractivity contribution in [3.8, 4) is 90.5 Å². The van der Waals surface area contributed by atoms with E-state index >= 15 is 0 Å². The number of alkyl halides is 1. The van der Waals surface area contributed by atoms with Crippen LogP contribution in [0.2, 0.25) is 0 Å². The Morgan fingerprint density at radius 3 is 1.02 bits per heavy atom. The van der Waals surface area contributed by atoms with E-state index < -0.39 is 114 Å². The van der Waals surface area contributed by atoms with Crippen molar-refractivity contribution in [1.29, 1.82) is 0 Å². The van der Waals surface area contributed by atoms with Crippen LogP contribution in [0, 0.1) is 13.0 Å². The highest BCUT2D eigenvalue weighted by molar-refractivity contribution is 14.1. The quantitative estimate of drug-likeness (QED) is 0.0152. The molecule has 14 rings (SSSR count). The Morgan fingerprint density at radius 1 is 0.397 bits per heavy atom. The molecular weight excluding hydrogens is 2100 g/mol. The number of carbonyl (C=O) groups is 6. The summed E-state index contributed by atoms with van der Waals surface area (Å²) in [5.41, 5.74) is 5.47. The van der Waals surface area contributed by atoms with Gasteiger partial charge in [-0.05, 0) is 220 Å². The first kappa shape index (κ1) is 102. The first-order valence-corrected chi connectivity index (χ1v) is 45.4. The minimum Gasteiger partial charge on any atom is -0.506 e. The van der Waals surface area contributed by atoms with Crippen LogP contribution in [0.1, 0.15) is 150 Å². The van der Waals surface area contributed by atoms with Crippen LogP contribution in [-0.2, 0) is 43.3 Å². The van der Waals surface area contributed by atoms with Crippen LogP contribution in [-0.4, -0.2) is 167 Å². The molecule has 2 fully saturated rings. The number of aromatic hydroxyl groups is 4. The molecule has 0 spiro atoms. The van der Waals surface area contributed by atoms with Gasteiger partial charge in [-0.25, -0.2) is 33.2 Å². The first-order valence-electron chi connectivity index (χ1n) is 41.0. The lowest BCUT2D eigenvalue weighted by Crippen LogP contribution is -2.36. The number of carboxylic acids is 6. The summed E-state index contributed by atoms with van der Waals surface area (Å²) < 4.78 is 24.0. The number of pyridine rings is 6. The molecule has 0 radical (unpaired) electrons. The second-order valence-corrected chi connectivity index (χ2v) is 33.6. The van der Waals surface area contributed by atoms with Crippen LogP contribution in [0.4, 0.5) is 21.5 Å². The Labute approximate surface area is 795 Å². The van der Waals surface area contributed by atoms with Crippen molar-refractivity contribution in [1.82, 2.24) is 29.9 Å². The number of morpholine rings is 1. The molecule has 32 nitrogen and oxygen atoms in total. The van der Waals surface area contributed by atoms with Crippen molar-refractivity contribution < 1.29 is 89.0 Å². The number of H-pyrrole nitrogens is 6. The average molecular weight is 2200 g/mol. The number of halogens is 5. The third-order valence-electron chi connectivity index (χ3n) is 21.1. The second-order valence-electron chi connectivity index (χ2n) is 29.1. The van der Waals surface area contributed by atoms with E-state index in [1.54, 1.807) is 64.1 Å². The maximum absolute atomic E-state index is 14.6. The van der Waals surface area contributed by atoms with Gasteiger partial charge in [0.2, 0.25) is 0 Å². The molecule has 0 saturated carbocycles. The van der Waals surface area contributed by atoms with Gasteiger partial charge in [0.15, 0.2) is 22.3 Å². The topological polar surface area (TPSA) is 530 Å². The molecule has 2 saturated heterocycles. The first-order chi connectivity index (χ1) is 62.4. The van der Waals surface area contributed by atoms with E-state index in [2.05, 4.69) is 124 Å². The molecule has 17 N–H and O–H groups in total. The maximum Gasteiger partial charge on any atom is 0.345 e. The number of aryl methyl sites for hydroxylation is 2. The summed E-state index contributed by atoms with van der Waals surface area (Å²) in [6, 6.07) is 44.9. The highest BCUT2D eigenvalue weighted by Gasteiger charge is 2.28. The number of benzene rings is 6. The Morgan fingerprint density at radius 2 is 0.710 bits per heavy atom. The number of carboxylic acid groups (broad SMARTS) is 6. The lowest BCUT2D eigenvalue weighted by atomic mass is 10.00. The molecule has 131 heavy (non-hydrogen) atoms. The number of anilines is 3. The number of aromatic nitrogens is 6. The van der Waals surface area contributed by atoms with Gasteiger partial charge < -0.3 is 101 Å². The molecule has 12 aromatic rings. The smallest absolute Gasteiger partial charge is 0.345 e. The van der Waals surface area contributed by atoms with Gasteiger partial charge >= 0.3 is 35.8 Å². The maximum atomic E-state index is 14.6. The third-order valence-corrected chi connectivity index (χ3v) is 23.8. The van der Waals surface area contributed by atoms with E-state index in [0.717, 1.165) is 81.3 Å². The van der Waals surface area contributed by atoms with Gasteiger partial charge in [0.25, 0.3) is 33.4 Å². The summed E-state index contributed by atoms with van der Waals surface area (Å²) >= 11 is 10.0. The molecule has 0 amide bonds. The van der Waals surface area contributed by atoms with Gasteiger partial charge in [-0.15, -0.1) is 0 Å². The molecule has 37 heteroatoms. The van der Waals surface area contributed by atoms with E-state index in [0.29, 0.717) is 144 Å². The Balaban J connectivity index is 0.000000177. The molecule has 0 unspecified atom stereocenters. The number of rotatable bonds is 24. The van der Waals surface area contributed by atoms with Crippen LogP contribution >= 0.6 is 83.7 Å². The van der Waals surface area contributed by atoms with Crippen LogP contribution < -0.4 is 48.5 Å². The predicted molar refractivity (Wildman–Crippen MR) is 525 cm³/mol. The predicted octanol–water partition coefficient (Wildman–Crippen LogP) is 16.0. The molecule has 0 aliphatic carbocycles. The summed E-state index contributed by atoms with van der Waals surface area (Å²) in [5.74, 6) is -10.5. The SMILES string of the molecule is CCc1c(-c2ccc(Br)cc2)[nH]c(=O)c(C(=O)O)c1O.CCc1c(-c2ccc(I)cc2)[nH]c(=O)c(C(=O)O)c1O.CCc1c(-c2ccc(N3CCC3)cc2)[nH]c(=O)c(C(=O)O)c1O.CCc1c(-c2ccc(NCCCI)cc2)[nH]c(=O)c(C(=O)O)c1O.CCc1cc(C(=O)O)c(=O)[nH]c1-c1ccc(I)cc1.CCc1cc(C(=O)O)c(=O)[nH]c1-c1ccc(N2CCOCC2)c(F)c1. The molecule has 686 valence electrons. The highest BCUT2D eigenvalue weighted by atomic mass is 127. The zero-order chi connectivity index (χ0) is 95.9. The van der Waals surface area contributed by atoms with Gasteiger partial charge in [0.1, 0.15) is 39.9 Å². The lowest BCUT2D eigenvalue weighted by Gasteiger charge is -2.33. The van der Waals surface area contributed by atoms with Gasteiger partial charge in [0, 0.05) is 88.0 Å². The van der Waals surface area contributed by atoms with Gasteiger partial charge in [-0.3, -0.25) is 28.8 Å². The summed E-state index contributed by atoms with van der Waals surface area (Å²) in [4.78, 5) is 157. The van der Waals surface area contributed by atoms with Crippen molar-refractivity contribution in [2.75, 3.05) is 65.5 Å². The third kappa shape index (κ3) is 25.0. The van der Waals surface area contributed by atoms with Crippen LogP contribution in [0.5, 0.6) is 23.0 Å². The molecule has 6 aromatic carbocycles. The zero-order valence-corrected chi connectivity index (χ0v) is 79.4. The summed E-state index contributed by atoms with van der Waals surface area (Å²) in [6.07, 6.45) is 5.04. The molecule has 2 aliphatic rings. The Bertz CT molecular complexity index is 6490. The number of aromatic carboxylic acids is 6. The minimum absolute atomic E-state index is 0.217. The van der Waals surface area contributed by atoms with Crippen LogP contribution in [0.3, 0.4) is 0 Å². The second kappa shape index (κ2) is 47.0. The normalized spacial score (nSPS) is 11.8. The van der Waals surface area contributed by atoms with Crippen molar-refractivity contribution in [3.63, 3.8) is 0 Å². The standard InChI is InChI=1S/C18H19FN2O4.C17H19IN2O4.C17H18N2O4.C14H12BrNO4.C14H12INO4.C14H12INO3/c1-2-11-9-13(18(23)24)17(22)20-16(11)12-3-4-15(14(19)10-12)21-5-7-25-8-6-21;1-2-12-14(20-16(22)13(15(12)21)17(23)24)10-4-6-11(7-5-10)19-9-3-8-18;1-2-12-14(18-16(21)13(15(12)20)17(22)23)10-4-6-11(7-5-10)19-8-3-9-19;2*1-2-9-11(7-3-5-8(15)6-4-7)16-13(18)10(12(9)17)14(19)20;1-2-8-7-11(14(18)19)13(17)16-12(8)9-3-5-10(15)6-4-9/h3-4,9-10H,2,5-8H2,1H3,(H,20,22)(H,23,24);4-7,19H,2-3,8-9H2,1H3,(H,23,24)(H2,20,21,22);4-7H,2-3,8-9H2,1H3,(H,22,23)(H2,18,20,21);2*3-6H,2H2,1H3,(H,19,20)(H2,16,17,18);3-7H,2H2,1H3,(H,16,17)(H,18,19). The summed E-state index contributed by atoms with van der Waals surface area (Å²) in [5, 5.41) is 97.8. The average Bonchev–Trinajstić information content (AvgIpc) is 0.791. The Kier molecular flexibility index (Phi) is 36.5. The Hall–Kier alpha value is -13.0. The number of nitrogens with one attached hydrogen (secondary N) is 7. The summed E-state index contributed by atoms with van der Waals surface area (Å²) in [6.45, 7) is 16.3. The molecule has 2 aliphatic heterocycles. The fourth-order valence-electron chi connectivity index (χ4n) is 14.2. The number of nitrogens with zero attached hydrogens (tertiary/aromatic N) is 2. The number of hydrogen-bond acceptors (Lipinski definition) is 20. The fraction of sp³-hybridized carbons (Fsp3) is 0.234. The minimum atomic E-state index is -1.44. The monoisotopic (exact) mass is 2190 g/mol. The molecule has 0 bridgehead atoms. The van der Waals surface area contributed by atoms with Gasteiger partial charge in [-0.1, -0.05) is 147 Å². The van der Waals surface area contributed by atoms with E-state index in [1.807, 2.05) is 116 Å². The molecular formula is C94H92BrFI3N9O23. The molecule has 6 aromatic heterocycles. The van der Waals surface area contributed by atoms with Gasteiger partial charge in [-0.2, -0.15) is 0 Å². The number of aromatic amines is 6. The van der Waals surface area contributed by atoms with E-state index in [1.165, 1.54) is 24.6 Å². The number of hydrogen-bond donors (Lipinski definition) is 17. The van der Waals surface area contributed by atoms with E-state index in [4.69, 9.17) is 35.4 Å². The van der Waals surface area contributed by atoms with E-state index in [9.17, 15) is 82.4 Å². The van der Waals surface area contributed by atoms with Crippen molar-refractivity contribution in [2.24, 2.45) is 0 Å². The molecule has 0 atom stereocenters. The lowest BCUT2D eigenvalue weighted by molar-refractivity contribution is 0.0680. The van der Waals surface area contributed by atoms with Crippen molar-refractivity contribution in [2.45, 2.75) is 92.9 Å². The van der Waals surface area contributed by atoms with Crippen LogP contribution in [0.15, 0.2) is 185 Å². The highest BCUT2D eigenvalue weighted by Crippen LogP contribution is 2.37. The van der Waals surface area contributed by atoms with Crippen molar-refractivity contribution in [3.05, 3.63) is 298 Å². The van der Waals surface area contributed by atoms with Gasteiger partial charge in [0.05, 0.1) is 53.1 Å². The molecule has 8 heterocycles. The largest absolute Gasteiger partial charge is 0.506 e. The number of ether oxygens (including phenoxy) is 1. The van der Waals surface area contributed by atoms with Crippen LogP contribution in [0.25, 0.3) is 67.5 Å².